The van der Waals surface area contributed by atoms with Crippen LogP contribution in [0.2, 0.25) is 0 Å². The molecular weight excluding hydrogens is 275 g/mol. The number of hydrogen-bond acceptors (Lipinski definition) is 3. The van der Waals surface area contributed by atoms with E-state index in [-0.39, 0.29) is 6.07 Å². The van der Waals surface area contributed by atoms with E-state index in [1.165, 1.54) is 0 Å². The summed E-state index contributed by atoms with van der Waals surface area (Å²) in [7, 11) is -5.30. The second kappa shape index (κ2) is 4.55. The zero-order valence-corrected chi connectivity index (χ0v) is 8.44. The normalized spacial score (nSPS) is 13.8. The first-order valence-corrected chi connectivity index (χ1v) is 5.12. The summed E-state index contributed by atoms with van der Waals surface area (Å²) < 4.78 is 94.9. The smallest absolute Gasteiger partial charge is 0.263 e. The van der Waals surface area contributed by atoms with E-state index < -0.39 is 45.6 Å². The molecule has 0 radical (unpaired) electrons. The molecule has 1 aromatic carbocycles. The number of alkyl halides is 1. The predicted octanol–water partition coefficient (Wildman–Crippen LogP) is 2.03. The Bertz CT molecular complexity index is 544. The van der Waals surface area contributed by atoms with Crippen molar-refractivity contribution in [1.82, 2.24) is 0 Å². The van der Waals surface area contributed by atoms with Gasteiger partial charge in [0.2, 0.25) is 6.36 Å². The van der Waals surface area contributed by atoms with Crippen molar-refractivity contribution in [3.8, 4) is 0 Å². The fourth-order valence-corrected chi connectivity index (χ4v) is 1.23. The van der Waals surface area contributed by atoms with Gasteiger partial charge in [-0.1, -0.05) is 0 Å². The Labute approximate surface area is 91.6 Å². The molecule has 0 aliphatic carbocycles. The number of rotatable bonds is 3. The average Bonchev–Trinajstić information content (AvgIpc) is 2.17. The van der Waals surface area contributed by atoms with E-state index in [2.05, 4.69) is 4.18 Å². The predicted molar refractivity (Wildman–Crippen MR) is 42.8 cm³/mol. The third kappa shape index (κ3) is 3.11. The molecule has 1 aromatic rings. The monoisotopic (exact) mass is 278 g/mol. The first kappa shape index (κ1) is 13.8. The van der Waals surface area contributed by atoms with Crippen LogP contribution in [-0.4, -0.2) is 13.0 Å². The van der Waals surface area contributed by atoms with Gasteiger partial charge in [-0.15, -0.1) is 0 Å². The molecule has 1 unspecified atom stereocenters. The molecule has 0 heterocycles. The third-order valence-electron chi connectivity index (χ3n) is 1.58. The van der Waals surface area contributed by atoms with E-state index in [0.29, 0.717) is 0 Å². The van der Waals surface area contributed by atoms with Crippen molar-refractivity contribution < 1.29 is 39.1 Å². The summed E-state index contributed by atoms with van der Waals surface area (Å²) in [5, 5.41) is 0. The van der Waals surface area contributed by atoms with Gasteiger partial charge in [0.1, 0.15) is 0 Å². The Balaban J connectivity index is 3.24. The van der Waals surface area contributed by atoms with Gasteiger partial charge in [-0.05, 0) is 6.07 Å². The molecule has 0 bridgehead atoms. The van der Waals surface area contributed by atoms with Crippen LogP contribution in [0.4, 0.5) is 22.0 Å². The van der Waals surface area contributed by atoms with Crippen molar-refractivity contribution in [3.05, 3.63) is 34.9 Å². The summed E-state index contributed by atoms with van der Waals surface area (Å²) in [5.74, 6) is -8.63. The molecule has 0 aliphatic heterocycles. The molecule has 0 amide bonds. The highest BCUT2D eigenvalue weighted by Gasteiger charge is 2.27. The van der Waals surface area contributed by atoms with Crippen LogP contribution in [0.3, 0.4) is 0 Å². The van der Waals surface area contributed by atoms with Crippen LogP contribution in [0.15, 0.2) is 6.07 Å². The summed E-state index contributed by atoms with van der Waals surface area (Å²) >= 11 is 0. The molecule has 0 aliphatic rings. The van der Waals surface area contributed by atoms with Crippen LogP contribution in [0.5, 0.6) is 0 Å². The molecule has 1 atom stereocenters. The van der Waals surface area contributed by atoms with Crippen LogP contribution in [-0.2, 0) is 14.6 Å². The van der Waals surface area contributed by atoms with Crippen molar-refractivity contribution in [2.24, 2.45) is 0 Å². The lowest BCUT2D eigenvalue weighted by molar-refractivity contribution is 0.0565. The first-order chi connectivity index (χ1) is 7.63. The molecule has 96 valence electrons. The molecular formula is C7H3F5O4S. The fraction of sp³-hybridized carbons (Fsp3) is 0.143. The molecule has 0 saturated heterocycles. The van der Waals surface area contributed by atoms with Crippen LogP contribution < -0.4 is 0 Å². The van der Waals surface area contributed by atoms with Gasteiger partial charge in [0.15, 0.2) is 23.3 Å². The second-order valence-corrected chi connectivity index (χ2v) is 3.78. The zero-order chi connectivity index (χ0) is 13.4. The van der Waals surface area contributed by atoms with Gasteiger partial charge in [-0.25, -0.2) is 26.1 Å². The Hall–Kier alpha value is -1.26. The maximum Gasteiger partial charge on any atom is 0.400 e. The van der Waals surface area contributed by atoms with E-state index >= 15 is 0 Å². The Kier molecular flexibility index (Phi) is 3.69. The quantitative estimate of drug-likeness (QED) is 0.397. The molecule has 1 rings (SSSR count). The van der Waals surface area contributed by atoms with Gasteiger partial charge in [0.25, 0.3) is 0 Å². The topological polar surface area (TPSA) is 63.6 Å². The maximum atomic E-state index is 12.9. The van der Waals surface area contributed by atoms with Gasteiger partial charge in [0.05, 0.1) is 5.56 Å². The van der Waals surface area contributed by atoms with Crippen LogP contribution in [0.1, 0.15) is 11.9 Å². The second-order valence-electron chi connectivity index (χ2n) is 2.73. The molecule has 0 spiro atoms. The van der Waals surface area contributed by atoms with E-state index in [4.69, 9.17) is 4.55 Å². The average molecular weight is 278 g/mol. The van der Waals surface area contributed by atoms with Crippen LogP contribution in [0.25, 0.3) is 0 Å². The summed E-state index contributed by atoms with van der Waals surface area (Å²) in [6, 6.07) is -0.135. The largest absolute Gasteiger partial charge is 0.400 e. The van der Waals surface area contributed by atoms with Gasteiger partial charge in [-0.3, -0.25) is 4.55 Å². The lowest BCUT2D eigenvalue weighted by Gasteiger charge is -2.09. The Morgan fingerprint density at radius 2 is 1.65 bits per heavy atom. The van der Waals surface area contributed by atoms with E-state index in [1.54, 1.807) is 0 Å². The van der Waals surface area contributed by atoms with Gasteiger partial charge >= 0.3 is 10.4 Å². The third-order valence-corrected chi connectivity index (χ3v) is 1.99. The summed E-state index contributed by atoms with van der Waals surface area (Å²) in [4.78, 5) is 0. The number of halogens is 5. The Morgan fingerprint density at radius 1 is 1.12 bits per heavy atom. The van der Waals surface area contributed by atoms with Crippen molar-refractivity contribution >= 4 is 10.4 Å². The minimum absolute atomic E-state index is 0.135. The van der Waals surface area contributed by atoms with Gasteiger partial charge < -0.3 is 0 Å². The van der Waals surface area contributed by atoms with Gasteiger partial charge in [-0.2, -0.15) is 8.42 Å². The van der Waals surface area contributed by atoms with Gasteiger partial charge in [0, 0.05) is 0 Å². The minimum atomic E-state index is -5.30. The molecule has 17 heavy (non-hydrogen) atoms. The molecule has 0 saturated carbocycles. The van der Waals surface area contributed by atoms with Crippen LogP contribution >= 0.6 is 0 Å². The molecule has 4 nitrogen and oxygen atoms in total. The van der Waals surface area contributed by atoms with Crippen molar-refractivity contribution in [2.45, 2.75) is 6.36 Å². The summed E-state index contributed by atoms with van der Waals surface area (Å²) in [6.45, 7) is 0. The number of benzene rings is 1. The molecule has 0 aromatic heterocycles. The standard InChI is InChI=1S/C7H3F5O4S/c8-3-1-2(4(9)6(11)5(3)10)7(12)16-17(13,14)15/h1,7H,(H,13,14,15). The molecule has 0 fully saturated rings. The SMILES string of the molecule is O=S(=O)(O)OC(F)c1cc(F)c(F)c(F)c1F. The molecule has 1 N–H and O–H groups in total. The lowest BCUT2D eigenvalue weighted by atomic mass is 10.2. The highest BCUT2D eigenvalue weighted by molar-refractivity contribution is 7.80. The minimum Gasteiger partial charge on any atom is -0.263 e. The maximum absolute atomic E-state index is 12.9. The lowest BCUT2D eigenvalue weighted by Crippen LogP contribution is -2.11. The van der Waals surface area contributed by atoms with E-state index in [1.807, 2.05) is 0 Å². The zero-order valence-electron chi connectivity index (χ0n) is 7.62. The van der Waals surface area contributed by atoms with Crippen molar-refractivity contribution in [2.75, 3.05) is 0 Å². The highest BCUT2D eigenvalue weighted by Crippen LogP contribution is 2.27. The van der Waals surface area contributed by atoms with Crippen LogP contribution in [0, 0.1) is 23.3 Å². The molecule has 10 heteroatoms. The van der Waals surface area contributed by atoms with Crippen molar-refractivity contribution in [3.63, 3.8) is 0 Å². The fourth-order valence-electron chi connectivity index (χ4n) is 0.915. The first-order valence-electron chi connectivity index (χ1n) is 3.76. The highest BCUT2D eigenvalue weighted by atomic mass is 32.3. The Morgan fingerprint density at radius 3 is 2.12 bits per heavy atom. The van der Waals surface area contributed by atoms with E-state index in [9.17, 15) is 30.4 Å². The number of hydrogen-bond donors (Lipinski definition) is 1. The summed E-state index contributed by atoms with van der Waals surface area (Å²) in [5.41, 5.74) is -1.54. The van der Waals surface area contributed by atoms with E-state index in [0.717, 1.165) is 0 Å². The van der Waals surface area contributed by atoms with Crippen molar-refractivity contribution in [1.29, 1.82) is 0 Å². The summed E-state index contributed by atoms with van der Waals surface area (Å²) in [6.07, 6.45) is -3.21.